The van der Waals surface area contributed by atoms with Crippen molar-refractivity contribution < 1.29 is 32.3 Å². The molecule has 16 heteroatoms. The lowest BCUT2D eigenvalue weighted by Crippen LogP contribution is -2.53. The Morgan fingerprint density at radius 3 is 2.53 bits per heavy atom. The highest BCUT2D eigenvalue weighted by Gasteiger charge is 2.37. The standard InChI is InChI=1S/C41H50F2N10O4/c1-7-28-20-29(48-37-38-45-22-32(52(38)17-15-44-37)31-10-11-33(36(43)35(31)42)56-34-23-47-50(5)49-34)8-9-30(28)39(54)46-21-26-13-18-53(6,19-14-26)25-27-12-16-51(24-27)40(55)57-41(2,3)4/h8-11,15,17,20,22-23,26-27H,7,12-14,16,18-19,21,24-25H2,1-6H3,(H-,44,46,48,54)/p+1. The fourth-order valence-corrected chi connectivity index (χ4v) is 7.88. The number of halogens is 2. The molecular formula is C41H51F2N10O4+. The predicted molar refractivity (Wildman–Crippen MR) is 210 cm³/mol. The van der Waals surface area contributed by atoms with Crippen LogP contribution in [0.2, 0.25) is 0 Å². The van der Waals surface area contributed by atoms with Crippen molar-refractivity contribution in [2.75, 3.05) is 51.6 Å². The van der Waals surface area contributed by atoms with Gasteiger partial charge in [0.05, 0.1) is 38.6 Å². The van der Waals surface area contributed by atoms with E-state index in [0.717, 1.165) is 62.0 Å². The monoisotopic (exact) mass is 785 g/mol. The molecule has 1 atom stereocenters. The van der Waals surface area contributed by atoms with Crippen LogP contribution in [0.4, 0.5) is 25.1 Å². The average Bonchev–Trinajstić information content (AvgIpc) is 3.93. The van der Waals surface area contributed by atoms with Gasteiger partial charge in [0.25, 0.3) is 11.8 Å². The van der Waals surface area contributed by atoms with Crippen molar-refractivity contribution in [2.24, 2.45) is 18.9 Å². The van der Waals surface area contributed by atoms with Crippen LogP contribution in [0.25, 0.3) is 16.9 Å². The molecule has 2 amide bonds. The molecule has 2 aliphatic heterocycles. The molecular weight excluding hydrogens is 735 g/mol. The zero-order chi connectivity index (χ0) is 40.5. The van der Waals surface area contributed by atoms with Gasteiger partial charge in [0.15, 0.2) is 23.0 Å². The topological polar surface area (TPSA) is 141 Å². The molecule has 2 saturated heterocycles. The first-order chi connectivity index (χ1) is 27.2. The summed E-state index contributed by atoms with van der Waals surface area (Å²) in [5.74, 6) is -1.38. The van der Waals surface area contributed by atoms with Crippen LogP contribution in [0.5, 0.6) is 11.6 Å². The molecule has 2 aliphatic rings. The van der Waals surface area contributed by atoms with E-state index in [1.54, 1.807) is 23.8 Å². The Balaban J connectivity index is 0.945. The highest BCUT2D eigenvalue weighted by atomic mass is 19.2. The van der Waals surface area contributed by atoms with E-state index in [0.29, 0.717) is 53.2 Å². The van der Waals surface area contributed by atoms with Gasteiger partial charge in [0.2, 0.25) is 5.82 Å². The van der Waals surface area contributed by atoms with Crippen LogP contribution in [0.1, 0.15) is 62.9 Å². The number of fused-ring (bicyclic) bond motifs is 1. The minimum atomic E-state index is -1.16. The number of likely N-dealkylation sites (tertiary alicyclic amines) is 2. The maximum absolute atomic E-state index is 15.4. The molecule has 2 aromatic carbocycles. The number of carbonyl (C=O) groups is 2. The van der Waals surface area contributed by atoms with Crippen molar-refractivity contribution in [3.05, 3.63) is 77.9 Å². The third-order valence-corrected chi connectivity index (χ3v) is 10.9. The number of anilines is 2. The van der Waals surface area contributed by atoms with Gasteiger partial charge in [-0.1, -0.05) is 6.92 Å². The van der Waals surface area contributed by atoms with E-state index in [2.05, 4.69) is 37.8 Å². The minimum absolute atomic E-state index is 0.00846. The van der Waals surface area contributed by atoms with Gasteiger partial charge in [-0.2, -0.15) is 14.3 Å². The third kappa shape index (κ3) is 9.01. The maximum atomic E-state index is 15.4. The molecule has 5 aromatic rings. The van der Waals surface area contributed by atoms with Crippen LogP contribution >= 0.6 is 0 Å². The number of hydrogen-bond acceptors (Lipinski definition) is 9. The molecule has 7 rings (SSSR count). The number of piperidine rings is 1. The summed E-state index contributed by atoms with van der Waals surface area (Å²) >= 11 is 0. The number of carbonyl (C=O) groups excluding carboxylic acids is 2. The highest BCUT2D eigenvalue weighted by Crippen LogP contribution is 2.34. The second kappa shape index (κ2) is 16.1. The smallest absolute Gasteiger partial charge is 0.410 e. The molecule has 3 aromatic heterocycles. The Morgan fingerprint density at radius 1 is 1.02 bits per heavy atom. The first-order valence-corrected chi connectivity index (χ1v) is 19.5. The number of nitrogens with one attached hydrogen (secondary N) is 2. The van der Waals surface area contributed by atoms with Crippen molar-refractivity contribution in [1.82, 2.24) is 39.6 Å². The molecule has 0 spiro atoms. The Labute approximate surface area is 330 Å². The number of rotatable bonds is 11. The average molecular weight is 786 g/mol. The van der Waals surface area contributed by atoms with E-state index in [9.17, 15) is 9.59 Å². The zero-order valence-electron chi connectivity index (χ0n) is 33.4. The number of ether oxygens (including phenoxy) is 2. The zero-order valence-corrected chi connectivity index (χ0v) is 33.4. The quantitative estimate of drug-likeness (QED) is 0.139. The Kier molecular flexibility index (Phi) is 11.2. The lowest BCUT2D eigenvalue weighted by atomic mass is 9.93. The number of nitrogens with zero attached hydrogens (tertiary/aromatic N) is 8. The van der Waals surface area contributed by atoms with E-state index in [1.807, 2.05) is 50.8 Å². The van der Waals surface area contributed by atoms with Crippen molar-refractivity contribution >= 4 is 29.2 Å². The molecule has 1 unspecified atom stereocenters. The van der Waals surface area contributed by atoms with Crippen molar-refractivity contribution in [3.8, 4) is 22.9 Å². The van der Waals surface area contributed by atoms with E-state index in [1.165, 1.54) is 29.3 Å². The van der Waals surface area contributed by atoms with Gasteiger partial charge in [-0.05, 0) is 75.4 Å². The second-order valence-corrected chi connectivity index (χ2v) is 16.5. The summed E-state index contributed by atoms with van der Waals surface area (Å²) in [4.78, 5) is 38.1. The van der Waals surface area contributed by atoms with Gasteiger partial charge in [-0.15, -0.1) is 5.10 Å². The van der Waals surface area contributed by atoms with E-state index < -0.39 is 17.2 Å². The first-order valence-electron chi connectivity index (χ1n) is 19.5. The van der Waals surface area contributed by atoms with Crippen LogP contribution in [0, 0.1) is 23.5 Å². The summed E-state index contributed by atoms with van der Waals surface area (Å²) in [5, 5.41) is 14.3. The lowest BCUT2D eigenvalue weighted by Gasteiger charge is -2.42. The molecule has 0 aliphatic carbocycles. The Bertz CT molecular complexity index is 2260. The number of benzene rings is 2. The lowest BCUT2D eigenvalue weighted by molar-refractivity contribution is -0.918. The highest BCUT2D eigenvalue weighted by molar-refractivity contribution is 5.96. The number of amides is 2. The maximum Gasteiger partial charge on any atom is 0.410 e. The van der Waals surface area contributed by atoms with E-state index >= 15 is 8.78 Å². The molecule has 2 N–H and O–H groups in total. The van der Waals surface area contributed by atoms with Crippen molar-refractivity contribution in [2.45, 2.75) is 59.0 Å². The number of aryl methyl sites for hydroxylation is 2. The Morgan fingerprint density at radius 2 is 1.81 bits per heavy atom. The summed E-state index contributed by atoms with van der Waals surface area (Å²) in [6.45, 7) is 12.9. The van der Waals surface area contributed by atoms with Crippen LogP contribution in [-0.4, -0.2) is 103 Å². The van der Waals surface area contributed by atoms with Gasteiger partial charge in [-0.25, -0.2) is 19.2 Å². The summed E-state index contributed by atoms with van der Waals surface area (Å²) in [6.07, 6.45) is 9.40. The van der Waals surface area contributed by atoms with Crippen LogP contribution in [-0.2, 0) is 18.2 Å². The third-order valence-electron chi connectivity index (χ3n) is 10.9. The molecule has 0 radical (unpaired) electrons. The predicted octanol–water partition coefficient (Wildman–Crippen LogP) is 6.74. The normalized spacial score (nSPS) is 19.8. The first kappa shape index (κ1) is 39.6. The summed E-state index contributed by atoms with van der Waals surface area (Å²) in [7, 11) is 3.90. The van der Waals surface area contributed by atoms with E-state index in [-0.39, 0.29) is 29.2 Å². The van der Waals surface area contributed by atoms with Gasteiger partial charge in [0.1, 0.15) is 11.8 Å². The molecule has 57 heavy (non-hydrogen) atoms. The van der Waals surface area contributed by atoms with E-state index in [4.69, 9.17) is 9.47 Å². The molecule has 2 fully saturated rings. The minimum Gasteiger partial charge on any atom is -0.444 e. The molecule has 5 heterocycles. The molecule has 0 saturated carbocycles. The van der Waals surface area contributed by atoms with Gasteiger partial charge in [0, 0.05) is 74.6 Å². The fourth-order valence-electron chi connectivity index (χ4n) is 7.88. The molecule has 302 valence electrons. The molecule has 14 nitrogen and oxygen atoms in total. The van der Waals surface area contributed by atoms with Crippen LogP contribution in [0.3, 0.4) is 0 Å². The van der Waals surface area contributed by atoms with Gasteiger partial charge < -0.3 is 29.5 Å². The number of aromatic nitrogens is 6. The summed E-state index contributed by atoms with van der Waals surface area (Å²) in [5.41, 5.74) is 2.42. The number of quaternary nitrogens is 1. The second-order valence-electron chi connectivity index (χ2n) is 16.5. The van der Waals surface area contributed by atoms with Crippen LogP contribution in [0.15, 0.2) is 55.1 Å². The largest absolute Gasteiger partial charge is 0.444 e. The SMILES string of the molecule is CCc1cc(Nc2nccn3c(-c4ccc(Oc5cnn(C)n5)c(F)c4F)cnc23)ccc1C(=O)NCC1CC[N+](C)(CC2CCN(C(=O)OC(C)(C)C)C2)CC1. The summed E-state index contributed by atoms with van der Waals surface area (Å²) in [6, 6.07) is 8.31. The summed E-state index contributed by atoms with van der Waals surface area (Å²) < 4.78 is 44.1. The number of hydrogen-bond donors (Lipinski definition) is 2. The number of imidazole rings is 1. The van der Waals surface area contributed by atoms with Gasteiger partial charge >= 0.3 is 6.09 Å². The van der Waals surface area contributed by atoms with Crippen molar-refractivity contribution in [3.63, 3.8) is 0 Å². The molecule has 0 bridgehead atoms. The fraction of sp³-hybridized carbons (Fsp3) is 0.463. The Hall–Kier alpha value is -5.64. The van der Waals surface area contributed by atoms with Gasteiger partial charge in [-0.3, -0.25) is 9.20 Å². The van der Waals surface area contributed by atoms with Crippen LogP contribution < -0.4 is 15.4 Å². The van der Waals surface area contributed by atoms with Crippen molar-refractivity contribution in [1.29, 1.82) is 0 Å².